The molecule has 0 aliphatic carbocycles. The van der Waals surface area contributed by atoms with E-state index in [1.54, 1.807) is 12.1 Å². The van der Waals surface area contributed by atoms with Crippen molar-refractivity contribution in [2.75, 3.05) is 13.2 Å². The maximum absolute atomic E-state index is 11.0. The van der Waals surface area contributed by atoms with Gasteiger partial charge in [-0.05, 0) is 19.4 Å². The van der Waals surface area contributed by atoms with Crippen LogP contribution in [0.3, 0.4) is 0 Å². The summed E-state index contributed by atoms with van der Waals surface area (Å²) in [4.78, 5) is 17.8. The zero-order valence-electron chi connectivity index (χ0n) is 10.9. The van der Waals surface area contributed by atoms with Crippen LogP contribution in [0.25, 0.3) is 0 Å². The largest absolute Gasteiger partial charge is 0.376 e. The first kappa shape index (κ1) is 16.3. The molecule has 1 aromatic carbocycles. The minimum Gasteiger partial charge on any atom is -0.376 e. The highest BCUT2D eigenvalue weighted by Crippen LogP contribution is 2.49. The van der Waals surface area contributed by atoms with E-state index in [0.717, 1.165) is 5.56 Å². The molecule has 7 heteroatoms. The molecule has 1 atom stereocenters. The monoisotopic (exact) mass is 290 g/mol. The smallest absolute Gasteiger partial charge is 0.358 e. The van der Waals surface area contributed by atoms with Crippen molar-refractivity contribution in [2.45, 2.75) is 26.0 Å². The molecule has 0 heterocycles. The maximum Gasteiger partial charge on any atom is 0.358 e. The Bertz CT molecular complexity index is 420. The molecule has 0 bridgehead atoms. The Morgan fingerprint density at radius 1 is 1.05 bits per heavy atom. The average molecular weight is 290 g/mol. The Kier molecular flexibility index (Phi) is 6.13. The van der Waals surface area contributed by atoms with Crippen LogP contribution in [0.2, 0.25) is 0 Å². The van der Waals surface area contributed by atoms with Crippen LogP contribution in [-0.4, -0.2) is 28.1 Å². The zero-order chi connectivity index (χ0) is 14.5. The van der Waals surface area contributed by atoms with Crippen LogP contribution < -0.4 is 0 Å². The highest BCUT2D eigenvalue weighted by molar-refractivity contribution is 7.51. The fourth-order valence-electron chi connectivity index (χ4n) is 1.56. The SMILES string of the molecule is CCOC(OCC)c1ccc([C@H](O)P(=O)(O)O)cc1. The third-order valence-electron chi connectivity index (χ3n) is 2.46. The van der Waals surface area contributed by atoms with Crippen LogP contribution in [0.1, 0.15) is 37.1 Å². The van der Waals surface area contributed by atoms with Gasteiger partial charge < -0.3 is 24.4 Å². The van der Waals surface area contributed by atoms with Crippen molar-refractivity contribution in [3.8, 4) is 0 Å². The fraction of sp³-hybridized carbons (Fsp3) is 0.500. The number of ether oxygens (including phenoxy) is 2. The van der Waals surface area contributed by atoms with Gasteiger partial charge in [0.15, 0.2) is 12.1 Å². The fourth-order valence-corrected chi connectivity index (χ4v) is 2.12. The lowest BCUT2D eigenvalue weighted by Gasteiger charge is -2.18. The summed E-state index contributed by atoms with van der Waals surface area (Å²) in [5.74, 6) is -1.81. The first-order valence-electron chi connectivity index (χ1n) is 5.96. The summed E-state index contributed by atoms with van der Waals surface area (Å²) in [6.45, 7) is 4.66. The van der Waals surface area contributed by atoms with Gasteiger partial charge in [0, 0.05) is 18.8 Å². The highest BCUT2D eigenvalue weighted by Gasteiger charge is 2.28. The number of benzene rings is 1. The molecule has 6 nitrogen and oxygen atoms in total. The van der Waals surface area contributed by atoms with E-state index in [4.69, 9.17) is 19.3 Å². The lowest BCUT2D eigenvalue weighted by molar-refractivity contribution is -0.140. The number of hydrogen-bond acceptors (Lipinski definition) is 4. The summed E-state index contributed by atoms with van der Waals surface area (Å²) < 4.78 is 21.7. The van der Waals surface area contributed by atoms with Crippen LogP contribution in [0.15, 0.2) is 24.3 Å². The minimum atomic E-state index is -4.55. The van der Waals surface area contributed by atoms with Crippen molar-refractivity contribution >= 4 is 7.60 Å². The van der Waals surface area contributed by atoms with Crippen LogP contribution in [0.4, 0.5) is 0 Å². The average Bonchev–Trinajstić information content (AvgIpc) is 2.37. The Morgan fingerprint density at radius 2 is 1.47 bits per heavy atom. The molecule has 0 aromatic heterocycles. The molecule has 0 saturated carbocycles. The molecule has 1 rings (SSSR count). The molecular formula is C12H19O6P. The number of aliphatic hydroxyl groups excluding tert-OH is 1. The van der Waals surface area contributed by atoms with E-state index >= 15 is 0 Å². The second kappa shape index (κ2) is 7.14. The number of hydrogen-bond donors (Lipinski definition) is 3. The van der Waals surface area contributed by atoms with Gasteiger partial charge in [-0.2, -0.15) is 0 Å². The molecule has 3 N–H and O–H groups in total. The van der Waals surface area contributed by atoms with E-state index in [2.05, 4.69) is 0 Å². The van der Waals surface area contributed by atoms with Crippen molar-refractivity contribution in [1.29, 1.82) is 0 Å². The van der Waals surface area contributed by atoms with Gasteiger partial charge in [0.25, 0.3) is 0 Å². The van der Waals surface area contributed by atoms with E-state index in [9.17, 15) is 9.67 Å². The zero-order valence-corrected chi connectivity index (χ0v) is 11.8. The lowest BCUT2D eigenvalue weighted by Crippen LogP contribution is -2.09. The van der Waals surface area contributed by atoms with Crippen molar-refractivity contribution in [2.24, 2.45) is 0 Å². The maximum atomic E-state index is 11.0. The van der Waals surface area contributed by atoms with Crippen molar-refractivity contribution in [1.82, 2.24) is 0 Å². The quantitative estimate of drug-likeness (QED) is 0.524. The molecule has 0 spiro atoms. The van der Waals surface area contributed by atoms with Gasteiger partial charge in [0.2, 0.25) is 0 Å². The summed E-state index contributed by atoms with van der Waals surface area (Å²) in [6.07, 6.45) is -0.517. The summed E-state index contributed by atoms with van der Waals surface area (Å²) in [7, 11) is -4.55. The van der Waals surface area contributed by atoms with Crippen LogP contribution in [-0.2, 0) is 14.0 Å². The second-order valence-electron chi connectivity index (χ2n) is 3.87. The van der Waals surface area contributed by atoms with Crippen LogP contribution >= 0.6 is 7.60 Å². The predicted molar refractivity (Wildman–Crippen MR) is 69.4 cm³/mol. The van der Waals surface area contributed by atoms with Gasteiger partial charge in [0.05, 0.1) is 0 Å². The second-order valence-corrected chi connectivity index (χ2v) is 5.54. The molecule has 0 saturated heterocycles. The van der Waals surface area contributed by atoms with Gasteiger partial charge in [-0.15, -0.1) is 0 Å². The minimum absolute atomic E-state index is 0.156. The van der Waals surface area contributed by atoms with Crippen LogP contribution in [0.5, 0.6) is 0 Å². The van der Waals surface area contributed by atoms with Crippen molar-refractivity contribution < 1.29 is 28.9 Å². The van der Waals surface area contributed by atoms with E-state index < -0.39 is 19.7 Å². The van der Waals surface area contributed by atoms with Crippen molar-refractivity contribution in [3.05, 3.63) is 35.4 Å². The molecule has 0 aliphatic heterocycles. The molecule has 0 radical (unpaired) electrons. The Hall–Kier alpha value is -0.750. The molecule has 1 aromatic rings. The first-order chi connectivity index (χ1) is 8.90. The highest BCUT2D eigenvalue weighted by atomic mass is 31.2. The number of rotatable bonds is 7. The molecule has 19 heavy (non-hydrogen) atoms. The molecule has 0 aliphatic rings. The Labute approximate surface area is 112 Å². The van der Waals surface area contributed by atoms with E-state index in [1.807, 2.05) is 13.8 Å². The van der Waals surface area contributed by atoms with E-state index in [1.165, 1.54) is 12.1 Å². The Morgan fingerprint density at radius 3 is 1.84 bits per heavy atom. The molecular weight excluding hydrogens is 271 g/mol. The molecule has 0 amide bonds. The van der Waals surface area contributed by atoms with E-state index in [0.29, 0.717) is 13.2 Å². The summed E-state index contributed by atoms with van der Waals surface area (Å²) in [5, 5.41) is 9.47. The standard InChI is InChI=1S/C12H19O6P/c1-3-17-12(18-4-2)10-7-5-9(6-8-10)11(13)19(14,15)16/h5-8,11-13H,3-4H2,1-2H3,(H2,14,15,16)/t11-/m1/s1. The van der Waals surface area contributed by atoms with Crippen LogP contribution in [0, 0.1) is 0 Å². The van der Waals surface area contributed by atoms with Gasteiger partial charge in [-0.25, -0.2) is 0 Å². The Balaban J connectivity index is 2.88. The van der Waals surface area contributed by atoms with Gasteiger partial charge in [-0.1, -0.05) is 24.3 Å². The molecule has 108 valence electrons. The molecule has 0 fully saturated rings. The van der Waals surface area contributed by atoms with Gasteiger partial charge >= 0.3 is 7.60 Å². The van der Waals surface area contributed by atoms with Gasteiger partial charge in [-0.3, -0.25) is 4.57 Å². The normalized spacial score (nSPS) is 13.8. The number of aliphatic hydroxyl groups is 1. The summed E-state index contributed by atoms with van der Waals surface area (Å²) in [5.41, 5.74) is 0.884. The van der Waals surface area contributed by atoms with Crippen molar-refractivity contribution in [3.63, 3.8) is 0 Å². The van der Waals surface area contributed by atoms with E-state index in [-0.39, 0.29) is 5.56 Å². The first-order valence-corrected chi connectivity index (χ1v) is 7.64. The lowest BCUT2D eigenvalue weighted by atomic mass is 10.1. The predicted octanol–water partition coefficient (Wildman–Crippen LogP) is 1.93. The van der Waals surface area contributed by atoms with Gasteiger partial charge in [0.1, 0.15) is 0 Å². The summed E-state index contributed by atoms with van der Waals surface area (Å²) in [6, 6.07) is 6.13. The third-order valence-corrected chi connectivity index (χ3v) is 3.40. The molecule has 0 unspecified atom stereocenters. The summed E-state index contributed by atoms with van der Waals surface area (Å²) >= 11 is 0. The third kappa shape index (κ3) is 4.69. The topological polar surface area (TPSA) is 96.2 Å².